The quantitative estimate of drug-likeness (QED) is 0.846. The summed E-state index contributed by atoms with van der Waals surface area (Å²) in [6.45, 7) is 3.27. The number of nitrogens with one attached hydrogen (secondary N) is 1. The Morgan fingerprint density at radius 3 is 2.81 bits per heavy atom. The first-order valence-electron chi connectivity index (χ1n) is 6.33. The highest BCUT2D eigenvalue weighted by molar-refractivity contribution is 7.10. The lowest BCUT2D eigenvalue weighted by molar-refractivity contribution is 0.342. The molecule has 0 atom stereocenters. The third-order valence-corrected chi connectivity index (χ3v) is 4.50. The summed E-state index contributed by atoms with van der Waals surface area (Å²) in [5.41, 5.74) is 7.41. The Morgan fingerprint density at radius 1 is 1.38 bits per heavy atom. The van der Waals surface area contributed by atoms with E-state index in [9.17, 15) is 0 Å². The molecule has 2 nitrogen and oxygen atoms in total. The summed E-state index contributed by atoms with van der Waals surface area (Å²) in [6, 6.07) is 3.39. The normalized spacial score (nSPS) is 25.9. The third-order valence-electron chi connectivity index (χ3n) is 3.54. The van der Waals surface area contributed by atoms with Gasteiger partial charge in [-0.15, -0.1) is 11.3 Å². The summed E-state index contributed by atoms with van der Waals surface area (Å²) >= 11 is 1.88. The van der Waals surface area contributed by atoms with Crippen LogP contribution in [0.2, 0.25) is 0 Å². The largest absolute Gasteiger partial charge is 0.328 e. The van der Waals surface area contributed by atoms with Gasteiger partial charge in [-0.2, -0.15) is 0 Å². The van der Waals surface area contributed by atoms with E-state index < -0.39 is 0 Å². The number of rotatable bonds is 4. The molecule has 3 N–H and O–H groups in total. The molecule has 0 aromatic carbocycles. The lowest BCUT2D eigenvalue weighted by Crippen LogP contribution is -2.37. The monoisotopic (exact) mass is 238 g/mol. The second-order valence-electron chi connectivity index (χ2n) is 4.72. The maximum absolute atomic E-state index is 5.91. The van der Waals surface area contributed by atoms with E-state index >= 15 is 0 Å². The van der Waals surface area contributed by atoms with Gasteiger partial charge >= 0.3 is 0 Å². The van der Waals surface area contributed by atoms with Gasteiger partial charge in [0.15, 0.2) is 0 Å². The van der Waals surface area contributed by atoms with Gasteiger partial charge in [-0.3, -0.25) is 0 Å². The van der Waals surface area contributed by atoms with Crippen LogP contribution in [0.3, 0.4) is 0 Å². The first kappa shape index (κ1) is 12.1. The van der Waals surface area contributed by atoms with E-state index in [2.05, 4.69) is 23.7 Å². The second-order valence-corrected chi connectivity index (χ2v) is 5.72. The van der Waals surface area contributed by atoms with E-state index in [4.69, 9.17) is 5.73 Å². The van der Waals surface area contributed by atoms with Crippen LogP contribution < -0.4 is 11.1 Å². The van der Waals surface area contributed by atoms with Crippen molar-refractivity contribution in [1.29, 1.82) is 0 Å². The summed E-state index contributed by atoms with van der Waals surface area (Å²) < 4.78 is 0. The fourth-order valence-corrected chi connectivity index (χ4v) is 3.32. The number of aryl methyl sites for hydroxylation is 1. The molecule has 3 heteroatoms. The van der Waals surface area contributed by atoms with Crippen molar-refractivity contribution < 1.29 is 0 Å². The van der Waals surface area contributed by atoms with E-state index in [1.54, 1.807) is 0 Å². The molecule has 1 aliphatic carbocycles. The number of thiophene rings is 1. The fourth-order valence-electron chi connectivity index (χ4n) is 2.40. The molecule has 0 bridgehead atoms. The molecule has 1 aromatic heterocycles. The molecule has 1 saturated carbocycles. The topological polar surface area (TPSA) is 38.0 Å². The minimum Gasteiger partial charge on any atom is -0.328 e. The van der Waals surface area contributed by atoms with E-state index in [1.165, 1.54) is 36.1 Å². The zero-order chi connectivity index (χ0) is 11.4. The molecular formula is C13H22N2S. The first-order valence-corrected chi connectivity index (χ1v) is 7.21. The zero-order valence-corrected chi connectivity index (χ0v) is 10.9. The molecular weight excluding hydrogens is 216 g/mol. The zero-order valence-electron chi connectivity index (χ0n) is 10.0. The molecule has 90 valence electrons. The van der Waals surface area contributed by atoms with Gasteiger partial charge < -0.3 is 11.1 Å². The SMILES string of the molecule is CCc1ccsc1CNC1CCC(N)CC1. The maximum atomic E-state index is 5.91. The van der Waals surface area contributed by atoms with Crippen LogP contribution in [0.1, 0.15) is 43.0 Å². The van der Waals surface area contributed by atoms with Crippen LogP contribution in [0.15, 0.2) is 11.4 Å². The summed E-state index contributed by atoms with van der Waals surface area (Å²) in [7, 11) is 0. The minimum absolute atomic E-state index is 0.450. The number of nitrogens with two attached hydrogens (primary N) is 1. The fraction of sp³-hybridized carbons (Fsp3) is 0.692. The molecule has 0 spiro atoms. The Hall–Kier alpha value is -0.380. The van der Waals surface area contributed by atoms with Crippen molar-refractivity contribution in [3.05, 3.63) is 21.9 Å². The van der Waals surface area contributed by atoms with Crippen molar-refractivity contribution >= 4 is 11.3 Å². The summed E-state index contributed by atoms with van der Waals surface area (Å²) in [5, 5.41) is 5.88. The molecule has 0 saturated heterocycles. The molecule has 0 unspecified atom stereocenters. The Balaban J connectivity index is 1.79. The van der Waals surface area contributed by atoms with Crippen LogP contribution in [-0.2, 0) is 13.0 Å². The van der Waals surface area contributed by atoms with Gasteiger partial charge in [0.2, 0.25) is 0 Å². The predicted molar refractivity (Wildman–Crippen MR) is 70.8 cm³/mol. The van der Waals surface area contributed by atoms with Crippen molar-refractivity contribution in [2.75, 3.05) is 0 Å². The van der Waals surface area contributed by atoms with E-state index in [0.717, 1.165) is 13.0 Å². The van der Waals surface area contributed by atoms with E-state index in [0.29, 0.717) is 12.1 Å². The van der Waals surface area contributed by atoms with Crippen molar-refractivity contribution in [2.45, 2.75) is 57.7 Å². The lowest BCUT2D eigenvalue weighted by Gasteiger charge is -2.26. The van der Waals surface area contributed by atoms with Gasteiger partial charge in [-0.05, 0) is 49.1 Å². The maximum Gasteiger partial charge on any atom is 0.0305 e. The molecule has 2 rings (SSSR count). The smallest absolute Gasteiger partial charge is 0.0305 e. The average molecular weight is 238 g/mol. The number of hydrogen-bond donors (Lipinski definition) is 2. The first-order chi connectivity index (χ1) is 7.79. The van der Waals surface area contributed by atoms with Crippen molar-refractivity contribution in [2.24, 2.45) is 5.73 Å². The minimum atomic E-state index is 0.450. The van der Waals surface area contributed by atoms with Gasteiger partial charge in [0, 0.05) is 23.5 Å². The molecule has 1 fully saturated rings. The molecule has 1 aromatic rings. The Kier molecular flexibility index (Phi) is 4.38. The summed E-state index contributed by atoms with van der Waals surface area (Å²) in [5.74, 6) is 0. The van der Waals surface area contributed by atoms with Crippen molar-refractivity contribution in [3.63, 3.8) is 0 Å². The van der Waals surface area contributed by atoms with Crippen LogP contribution in [0.25, 0.3) is 0 Å². The molecule has 0 radical (unpaired) electrons. The Bertz CT molecular complexity index is 313. The Labute approximate surface area is 102 Å². The average Bonchev–Trinajstić information content (AvgIpc) is 2.76. The summed E-state index contributed by atoms with van der Waals surface area (Å²) in [4.78, 5) is 1.51. The van der Waals surface area contributed by atoms with E-state index in [1.807, 2.05) is 11.3 Å². The highest BCUT2D eigenvalue weighted by Crippen LogP contribution is 2.20. The molecule has 1 aliphatic rings. The van der Waals surface area contributed by atoms with Gasteiger partial charge in [0.1, 0.15) is 0 Å². The van der Waals surface area contributed by atoms with Gasteiger partial charge in [0.05, 0.1) is 0 Å². The van der Waals surface area contributed by atoms with Crippen molar-refractivity contribution in [1.82, 2.24) is 5.32 Å². The van der Waals surface area contributed by atoms with Crippen LogP contribution in [-0.4, -0.2) is 12.1 Å². The van der Waals surface area contributed by atoms with Crippen LogP contribution >= 0.6 is 11.3 Å². The third kappa shape index (κ3) is 3.06. The molecule has 0 aliphatic heterocycles. The highest BCUT2D eigenvalue weighted by Gasteiger charge is 2.18. The van der Waals surface area contributed by atoms with Crippen LogP contribution in [0.5, 0.6) is 0 Å². The highest BCUT2D eigenvalue weighted by atomic mass is 32.1. The summed E-state index contributed by atoms with van der Waals surface area (Å²) in [6.07, 6.45) is 6.00. The van der Waals surface area contributed by atoms with Gasteiger partial charge in [0.25, 0.3) is 0 Å². The molecule has 16 heavy (non-hydrogen) atoms. The number of hydrogen-bond acceptors (Lipinski definition) is 3. The van der Waals surface area contributed by atoms with Crippen LogP contribution in [0, 0.1) is 0 Å². The Morgan fingerprint density at radius 2 is 2.12 bits per heavy atom. The van der Waals surface area contributed by atoms with Crippen molar-refractivity contribution in [3.8, 4) is 0 Å². The lowest BCUT2D eigenvalue weighted by atomic mass is 9.92. The van der Waals surface area contributed by atoms with Gasteiger partial charge in [-0.1, -0.05) is 6.92 Å². The standard InChI is InChI=1S/C13H22N2S/c1-2-10-7-8-16-13(10)9-15-12-5-3-11(14)4-6-12/h7-8,11-12,15H,2-6,9,14H2,1H3. The predicted octanol–water partition coefficient (Wildman–Crippen LogP) is 2.67. The molecule has 0 amide bonds. The second kappa shape index (κ2) is 5.80. The van der Waals surface area contributed by atoms with Crippen LogP contribution in [0.4, 0.5) is 0 Å². The van der Waals surface area contributed by atoms with Gasteiger partial charge in [-0.25, -0.2) is 0 Å². The molecule has 1 heterocycles. The van der Waals surface area contributed by atoms with E-state index in [-0.39, 0.29) is 0 Å².